The Morgan fingerprint density at radius 1 is 1.42 bits per heavy atom. The van der Waals surface area contributed by atoms with Gasteiger partial charge in [-0.15, -0.1) is 11.3 Å². The quantitative estimate of drug-likeness (QED) is 0.561. The summed E-state index contributed by atoms with van der Waals surface area (Å²) in [4.78, 5) is 5.46. The zero-order valence-electron chi connectivity index (χ0n) is 10.6. The summed E-state index contributed by atoms with van der Waals surface area (Å²) in [6, 6.07) is 10.6. The average Bonchev–Trinajstić information content (AvgIpc) is 3.02. The van der Waals surface area contributed by atoms with Crippen molar-refractivity contribution in [1.29, 1.82) is 0 Å². The van der Waals surface area contributed by atoms with E-state index in [2.05, 4.69) is 39.8 Å². The summed E-state index contributed by atoms with van der Waals surface area (Å²) in [6.45, 7) is 0. The molecule has 1 unspecified atom stereocenters. The fourth-order valence-electron chi connectivity index (χ4n) is 2.10. The van der Waals surface area contributed by atoms with Crippen LogP contribution in [0.3, 0.4) is 0 Å². The van der Waals surface area contributed by atoms with Crippen LogP contribution in [0.5, 0.6) is 0 Å². The highest BCUT2D eigenvalue weighted by atomic mass is 32.1. The number of benzene rings is 1. The third kappa shape index (κ3) is 2.37. The van der Waals surface area contributed by atoms with Crippen molar-refractivity contribution in [3.05, 3.63) is 47.4 Å². The predicted molar refractivity (Wildman–Crippen MR) is 76.6 cm³/mol. The minimum Gasteiger partial charge on any atom is -0.271 e. The molecule has 1 aromatic carbocycles. The fraction of sp³-hybridized carbons (Fsp3) is 0.231. The van der Waals surface area contributed by atoms with Gasteiger partial charge in [-0.2, -0.15) is 5.10 Å². The molecular weight excluding hydrogens is 258 g/mol. The van der Waals surface area contributed by atoms with E-state index in [0.29, 0.717) is 0 Å². The van der Waals surface area contributed by atoms with Gasteiger partial charge >= 0.3 is 0 Å². The zero-order chi connectivity index (χ0) is 13.2. The summed E-state index contributed by atoms with van der Waals surface area (Å²) in [7, 11) is 1.89. The smallest absolute Gasteiger partial charge is 0.138 e. The molecule has 19 heavy (non-hydrogen) atoms. The first-order valence-electron chi connectivity index (χ1n) is 6.05. The van der Waals surface area contributed by atoms with E-state index in [1.54, 1.807) is 22.3 Å². The minimum atomic E-state index is 0.0558. The Bertz CT molecular complexity index is 654. The van der Waals surface area contributed by atoms with Crippen LogP contribution in [0, 0.1) is 0 Å². The summed E-state index contributed by atoms with van der Waals surface area (Å²) in [5.74, 6) is 6.61. The van der Waals surface area contributed by atoms with Gasteiger partial charge in [0.25, 0.3) is 0 Å². The van der Waals surface area contributed by atoms with E-state index in [1.807, 2.05) is 13.1 Å². The Labute approximate surface area is 115 Å². The molecule has 6 heteroatoms. The lowest BCUT2D eigenvalue weighted by Gasteiger charge is -2.13. The number of hydrogen-bond acceptors (Lipinski definition) is 5. The van der Waals surface area contributed by atoms with Crippen LogP contribution in [0.2, 0.25) is 0 Å². The van der Waals surface area contributed by atoms with Gasteiger partial charge in [0.05, 0.1) is 6.04 Å². The number of nitrogens with two attached hydrogens (primary N) is 1. The summed E-state index contributed by atoms with van der Waals surface area (Å²) in [6.07, 6.45) is 2.29. The number of aryl methyl sites for hydroxylation is 1. The van der Waals surface area contributed by atoms with Crippen molar-refractivity contribution in [2.75, 3.05) is 0 Å². The van der Waals surface area contributed by atoms with E-state index in [0.717, 1.165) is 12.2 Å². The molecule has 0 radical (unpaired) electrons. The Kier molecular flexibility index (Phi) is 3.29. The van der Waals surface area contributed by atoms with E-state index < -0.39 is 0 Å². The number of fused-ring (bicyclic) bond motifs is 1. The number of hydrazine groups is 1. The van der Waals surface area contributed by atoms with E-state index in [-0.39, 0.29) is 6.04 Å². The number of nitrogens with zero attached hydrogens (tertiary/aromatic N) is 3. The summed E-state index contributed by atoms with van der Waals surface area (Å²) >= 11 is 1.76. The number of rotatable bonds is 4. The Balaban J connectivity index is 1.91. The highest BCUT2D eigenvalue weighted by Crippen LogP contribution is 2.30. The van der Waals surface area contributed by atoms with Crippen LogP contribution in [0.4, 0.5) is 0 Å². The van der Waals surface area contributed by atoms with Gasteiger partial charge in [0, 0.05) is 23.0 Å². The maximum atomic E-state index is 5.69. The first-order chi connectivity index (χ1) is 9.28. The second-order valence-electron chi connectivity index (χ2n) is 4.41. The summed E-state index contributed by atoms with van der Waals surface area (Å²) < 4.78 is 3.05. The molecule has 2 aromatic heterocycles. The first kappa shape index (κ1) is 12.3. The molecule has 1 atom stereocenters. The van der Waals surface area contributed by atoms with Crippen molar-refractivity contribution in [2.45, 2.75) is 12.5 Å². The SMILES string of the molecule is Cn1ncnc1CC(NN)c1cc2ccccc2s1. The van der Waals surface area contributed by atoms with Crippen LogP contribution in [0.25, 0.3) is 10.1 Å². The molecule has 2 heterocycles. The van der Waals surface area contributed by atoms with Gasteiger partial charge < -0.3 is 0 Å². The lowest BCUT2D eigenvalue weighted by molar-refractivity contribution is 0.530. The van der Waals surface area contributed by atoms with Crippen molar-refractivity contribution in [3.8, 4) is 0 Å². The van der Waals surface area contributed by atoms with Gasteiger partial charge in [0.2, 0.25) is 0 Å². The molecule has 0 bridgehead atoms. The molecule has 0 fully saturated rings. The van der Waals surface area contributed by atoms with Crippen molar-refractivity contribution < 1.29 is 0 Å². The fourth-order valence-corrected chi connectivity index (χ4v) is 3.23. The number of thiophene rings is 1. The third-order valence-corrected chi connectivity index (χ3v) is 4.41. The second-order valence-corrected chi connectivity index (χ2v) is 5.53. The Morgan fingerprint density at radius 2 is 2.26 bits per heavy atom. The Morgan fingerprint density at radius 3 is 2.95 bits per heavy atom. The second kappa shape index (κ2) is 5.08. The zero-order valence-corrected chi connectivity index (χ0v) is 11.4. The molecule has 0 aliphatic carbocycles. The summed E-state index contributed by atoms with van der Waals surface area (Å²) in [5.41, 5.74) is 2.87. The molecule has 0 aliphatic heterocycles. The average molecular weight is 273 g/mol. The van der Waals surface area contributed by atoms with Gasteiger partial charge in [0.15, 0.2) is 0 Å². The molecule has 0 amide bonds. The maximum absolute atomic E-state index is 5.69. The normalized spacial score (nSPS) is 12.9. The van der Waals surface area contributed by atoms with Gasteiger partial charge in [0.1, 0.15) is 12.2 Å². The van der Waals surface area contributed by atoms with Gasteiger partial charge in [-0.05, 0) is 17.5 Å². The van der Waals surface area contributed by atoms with Crippen molar-refractivity contribution in [3.63, 3.8) is 0 Å². The van der Waals surface area contributed by atoms with Crippen LogP contribution in [0.1, 0.15) is 16.7 Å². The lowest BCUT2D eigenvalue weighted by atomic mass is 10.1. The highest BCUT2D eigenvalue weighted by Gasteiger charge is 2.16. The topological polar surface area (TPSA) is 68.8 Å². The molecule has 0 aliphatic rings. The monoisotopic (exact) mass is 273 g/mol. The first-order valence-corrected chi connectivity index (χ1v) is 6.87. The van der Waals surface area contributed by atoms with Crippen LogP contribution in [-0.2, 0) is 13.5 Å². The lowest BCUT2D eigenvalue weighted by Crippen LogP contribution is -2.29. The van der Waals surface area contributed by atoms with Gasteiger partial charge in [-0.25, -0.2) is 4.98 Å². The molecule has 5 nitrogen and oxygen atoms in total. The van der Waals surface area contributed by atoms with E-state index in [1.165, 1.54) is 15.0 Å². The molecule has 3 N–H and O–H groups in total. The van der Waals surface area contributed by atoms with Crippen LogP contribution < -0.4 is 11.3 Å². The molecule has 0 saturated heterocycles. The van der Waals surface area contributed by atoms with Crippen molar-refractivity contribution in [1.82, 2.24) is 20.2 Å². The van der Waals surface area contributed by atoms with Gasteiger partial charge in [-0.1, -0.05) is 18.2 Å². The van der Waals surface area contributed by atoms with Crippen LogP contribution >= 0.6 is 11.3 Å². The van der Waals surface area contributed by atoms with Crippen molar-refractivity contribution >= 4 is 21.4 Å². The number of aromatic nitrogens is 3. The molecule has 98 valence electrons. The van der Waals surface area contributed by atoms with Crippen LogP contribution in [0.15, 0.2) is 36.7 Å². The molecule has 0 spiro atoms. The molecular formula is C13H15N5S. The molecule has 0 saturated carbocycles. The minimum absolute atomic E-state index is 0.0558. The predicted octanol–water partition coefficient (Wildman–Crippen LogP) is 1.78. The van der Waals surface area contributed by atoms with Gasteiger partial charge in [-0.3, -0.25) is 16.0 Å². The van der Waals surface area contributed by atoms with Crippen molar-refractivity contribution in [2.24, 2.45) is 12.9 Å². The van der Waals surface area contributed by atoms with E-state index >= 15 is 0 Å². The largest absolute Gasteiger partial charge is 0.271 e. The Hall–Kier alpha value is -1.76. The summed E-state index contributed by atoms with van der Waals surface area (Å²) in [5, 5.41) is 5.33. The standard InChI is InChI=1S/C13H15N5S/c1-18-13(15-8-16-18)7-10(17-14)12-6-9-4-2-3-5-11(9)19-12/h2-6,8,10,17H,7,14H2,1H3. The van der Waals surface area contributed by atoms with Crippen LogP contribution in [-0.4, -0.2) is 14.8 Å². The third-order valence-electron chi connectivity index (χ3n) is 3.18. The van der Waals surface area contributed by atoms with E-state index in [4.69, 9.17) is 5.84 Å². The number of nitrogens with one attached hydrogen (secondary N) is 1. The maximum Gasteiger partial charge on any atom is 0.138 e. The molecule has 3 aromatic rings. The van der Waals surface area contributed by atoms with E-state index in [9.17, 15) is 0 Å². The highest BCUT2D eigenvalue weighted by molar-refractivity contribution is 7.19. The number of hydrogen-bond donors (Lipinski definition) is 2. The molecule has 3 rings (SSSR count).